The SMILES string of the molecule is CCCCc1nc(=O)c(S(=O)(=O)c2ccc(-c3cccn(C)c3=O)cc2)c(O)n1C(c1cccc(C#N)c1)C1CC1. The minimum Gasteiger partial charge on any atom is -0.493 e. The fraction of sp³-hybridized carbons (Fsp3) is 0.290. The Hall–Kier alpha value is -4.49. The van der Waals surface area contributed by atoms with Gasteiger partial charge in [0.25, 0.3) is 11.1 Å². The first-order chi connectivity index (χ1) is 19.7. The molecule has 5 rings (SSSR count). The van der Waals surface area contributed by atoms with Crippen LogP contribution in [0.15, 0.2) is 86.2 Å². The molecule has 9 nitrogen and oxygen atoms in total. The van der Waals surface area contributed by atoms with Crippen molar-refractivity contribution in [2.24, 2.45) is 13.0 Å². The molecule has 0 amide bonds. The maximum absolute atomic E-state index is 13.8. The van der Waals surface area contributed by atoms with Gasteiger partial charge in [-0.3, -0.25) is 14.2 Å². The molecule has 1 atom stereocenters. The van der Waals surface area contributed by atoms with Gasteiger partial charge in [-0.1, -0.05) is 37.6 Å². The van der Waals surface area contributed by atoms with E-state index in [0.29, 0.717) is 35.4 Å². The lowest BCUT2D eigenvalue weighted by Gasteiger charge is -2.26. The third-order valence-electron chi connectivity index (χ3n) is 7.46. The van der Waals surface area contributed by atoms with Crippen molar-refractivity contribution in [3.63, 3.8) is 0 Å². The van der Waals surface area contributed by atoms with Gasteiger partial charge < -0.3 is 9.67 Å². The Morgan fingerprint density at radius 2 is 1.83 bits per heavy atom. The summed E-state index contributed by atoms with van der Waals surface area (Å²) in [5.41, 5.74) is 0.845. The molecule has 0 spiro atoms. The summed E-state index contributed by atoms with van der Waals surface area (Å²) in [6.07, 6.45) is 5.20. The van der Waals surface area contributed by atoms with Gasteiger partial charge in [0.05, 0.1) is 22.6 Å². The molecule has 210 valence electrons. The Morgan fingerprint density at radius 1 is 1.10 bits per heavy atom. The Morgan fingerprint density at radius 3 is 2.49 bits per heavy atom. The van der Waals surface area contributed by atoms with Crippen LogP contribution in [0.25, 0.3) is 11.1 Å². The number of sulfone groups is 1. The van der Waals surface area contributed by atoms with Crippen LogP contribution < -0.4 is 11.1 Å². The molecule has 10 heteroatoms. The van der Waals surface area contributed by atoms with E-state index >= 15 is 0 Å². The summed E-state index contributed by atoms with van der Waals surface area (Å²) >= 11 is 0. The van der Waals surface area contributed by atoms with Crippen molar-refractivity contribution in [3.05, 3.63) is 105 Å². The molecule has 4 aromatic rings. The Kier molecular flexibility index (Phi) is 7.65. The summed E-state index contributed by atoms with van der Waals surface area (Å²) in [5.74, 6) is -0.262. The predicted octanol–water partition coefficient (Wildman–Crippen LogP) is 4.36. The van der Waals surface area contributed by atoms with Crippen LogP contribution in [0.3, 0.4) is 0 Å². The minimum absolute atomic E-state index is 0.0860. The zero-order valence-corrected chi connectivity index (χ0v) is 23.6. The molecular weight excluding hydrogens is 540 g/mol. The van der Waals surface area contributed by atoms with Crippen LogP contribution in [0.1, 0.15) is 55.6 Å². The fourth-order valence-electron chi connectivity index (χ4n) is 5.17. The van der Waals surface area contributed by atoms with E-state index in [1.165, 1.54) is 33.4 Å². The second-order valence-electron chi connectivity index (χ2n) is 10.3. The number of nitrogens with zero attached hydrogens (tertiary/aromatic N) is 4. The predicted molar refractivity (Wildman–Crippen MR) is 153 cm³/mol. The van der Waals surface area contributed by atoms with Crippen molar-refractivity contribution in [2.45, 2.75) is 54.9 Å². The van der Waals surface area contributed by atoms with Gasteiger partial charge >= 0.3 is 0 Å². The number of aromatic hydroxyl groups is 1. The lowest BCUT2D eigenvalue weighted by Crippen LogP contribution is -2.28. The highest BCUT2D eigenvalue weighted by Crippen LogP contribution is 2.46. The van der Waals surface area contributed by atoms with Gasteiger partial charge in [-0.2, -0.15) is 10.2 Å². The molecular formula is C31H30N4O5S. The van der Waals surface area contributed by atoms with Crippen LogP contribution in [0.5, 0.6) is 5.88 Å². The van der Waals surface area contributed by atoms with E-state index < -0.39 is 32.2 Å². The highest BCUT2D eigenvalue weighted by Gasteiger charge is 2.39. The Bertz CT molecular complexity index is 1880. The molecule has 2 aromatic carbocycles. The van der Waals surface area contributed by atoms with Crippen LogP contribution >= 0.6 is 0 Å². The van der Waals surface area contributed by atoms with Crippen LogP contribution in [-0.4, -0.2) is 27.6 Å². The summed E-state index contributed by atoms with van der Waals surface area (Å²) in [6.45, 7) is 1.99. The zero-order valence-electron chi connectivity index (χ0n) is 22.8. The highest BCUT2D eigenvalue weighted by molar-refractivity contribution is 7.91. The number of benzene rings is 2. The van der Waals surface area contributed by atoms with Crippen molar-refractivity contribution in [2.75, 3.05) is 0 Å². The van der Waals surface area contributed by atoms with Crippen LogP contribution in [-0.2, 0) is 23.3 Å². The fourth-order valence-corrected chi connectivity index (χ4v) is 6.52. The van der Waals surface area contributed by atoms with Gasteiger partial charge in [0.2, 0.25) is 15.7 Å². The normalized spacial score (nSPS) is 14.0. The average Bonchev–Trinajstić information content (AvgIpc) is 3.80. The van der Waals surface area contributed by atoms with E-state index in [0.717, 1.165) is 24.8 Å². The molecule has 0 bridgehead atoms. The van der Waals surface area contributed by atoms with Gasteiger partial charge in [-0.05, 0) is 72.7 Å². The van der Waals surface area contributed by atoms with Crippen molar-refractivity contribution in [1.29, 1.82) is 5.26 Å². The molecule has 1 unspecified atom stereocenters. The molecule has 0 aliphatic heterocycles. The van der Waals surface area contributed by atoms with Gasteiger partial charge in [0.15, 0.2) is 4.90 Å². The van der Waals surface area contributed by atoms with Crippen LogP contribution in [0.2, 0.25) is 0 Å². The highest BCUT2D eigenvalue weighted by atomic mass is 32.2. The first-order valence-electron chi connectivity index (χ1n) is 13.5. The summed E-state index contributed by atoms with van der Waals surface area (Å²) < 4.78 is 30.6. The number of unbranched alkanes of at least 4 members (excludes halogenated alkanes) is 1. The Balaban J connectivity index is 1.66. The lowest BCUT2D eigenvalue weighted by atomic mass is 9.99. The van der Waals surface area contributed by atoms with E-state index in [9.17, 15) is 28.4 Å². The third-order valence-corrected chi connectivity index (χ3v) is 9.25. The van der Waals surface area contributed by atoms with E-state index in [2.05, 4.69) is 11.1 Å². The summed E-state index contributed by atoms with van der Waals surface area (Å²) in [5, 5.41) is 21.1. The smallest absolute Gasteiger partial charge is 0.296 e. The largest absolute Gasteiger partial charge is 0.493 e. The molecule has 2 heterocycles. The topological polar surface area (TPSA) is 135 Å². The van der Waals surface area contributed by atoms with Gasteiger partial charge in [0, 0.05) is 25.2 Å². The number of aromatic nitrogens is 3. The molecule has 1 fully saturated rings. The molecule has 0 radical (unpaired) electrons. The number of nitriles is 1. The zero-order chi connectivity index (χ0) is 29.3. The first-order valence-corrected chi connectivity index (χ1v) is 15.0. The minimum atomic E-state index is -4.49. The van der Waals surface area contributed by atoms with Gasteiger partial charge in [-0.15, -0.1) is 0 Å². The van der Waals surface area contributed by atoms with E-state index in [4.69, 9.17) is 0 Å². The van der Waals surface area contributed by atoms with Crippen molar-refractivity contribution in [3.8, 4) is 23.1 Å². The second-order valence-corrected chi connectivity index (χ2v) is 12.2. The Labute approximate surface area is 237 Å². The number of aryl methyl sites for hydroxylation is 2. The third kappa shape index (κ3) is 5.33. The maximum atomic E-state index is 13.8. The lowest BCUT2D eigenvalue weighted by molar-refractivity contribution is 0.348. The molecule has 1 aliphatic carbocycles. The number of rotatable bonds is 9. The monoisotopic (exact) mass is 570 g/mol. The van der Waals surface area contributed by atoms with Crippen molar-refractivity contribution in [1.82, 2.24) is 14.1 Å². The van der Waals surface area contributed by atoms with Crippen molar-refractivity contribution >= 4 is 9.84 Å². The van der Waals surface area contributed by atoms with Crippen LogP contribution in [0, 0.1) is 17.2 Å². The molecule has 1 saturated carbocycles. The van der Waals surface area contributed by atoms with E-state index in [1.54, 1.807) is 43.6 Å². The van der Waals surface area contributed by atoms with E-state index in [-0.39, 0.29) is 16.4 Å². The summed E-state index contributed by atoms with van der Waals surface area (Å²) in [7, 11) is -2.87. The first kappa shape index (κ1) is 28.1. The average molecular weight is 571 g/mol. The summed E-state index contributed by atoms with van der Waals surface area (Å²) in [6, 6.07) is 17.6. The quantitative estimate of drug-likeness (QED) is 0.316. The number of hydrogen-bond donors (Lipinski definition) is 1. The molecule has 2 aromatic heterocycles. The molecule has 0 saturated heterocycles. The number of pyridine rings is 1. The van der Waals surface area contributed by atoms with Gasteiger partial charge in [-0.25, -0.2) is 8.42 Å². The number of hydrogen-bond acceptors (Lipinski definition) is 7. The van der Waals surface area contributed by atoms with Crippen molar-refractivity contribution < 1.29 is 13.5 Å². The standard InChI is InChI=1S/C31H30N4O5S/c1-3-4-10-26-33-29(36)28(31(38)35(26)27(22-11-12-22)23-8-5-7-20(18-23)19-32)41(39,40)24-15-13-21(14-16-24)25-9-6-17-34(2)30(25)37/h5-9,13-18,22,27,38H,3-4,10-12H2,1-2H3. The van der Waals surface area contributed by atoms with Crippen LogP contribution in [0.4, 0.5) is 0 Å². The molecule has 1 N–H and O–H groups in total. The van der Waals surface area contributed by atoms with E-state index in [1.807, 2.05) is 13.0 Å². The van der Waals surface area contributed by atoms with Gasteiger partial charge in [0.1, 0.15) is 5.82 Å². The molecule has 1 aliphatic rings. The second kappa shape index (κ2) is 11.2. The molecule has 41 heavy (non-hydrogen) atoms. The maximum Gasteiger partial charge on any atom is 0.296 e. The summed E-state index contributed by atoms with van der Waals surface area (Å²) in [4.78, 5) is 29.0.